The molecule has 185 valence electrons. The van der Waals surface area contributed by atoms with Gasteiger partial charge in [0.15, 0.2) is 0 Å². The van der Waals surface area contributed by atoms with E-state index in [1.165, 1.54) is 55.2 Å². The Morgan fingerprint density at radius 3 is 2.23 bits per heavy atom. The van der Waals surface area contributed by atoms with E-state index in [9.17, 15) is 0 Å². The summed E-state index contributed by atoms with van der Waals surface area (Å²) in [5, 5.41) is 8.40. The van der Waals surface area contributed by atoms with Crippen LogP contribution in [0.1, 0.15) is 25.0 Å². The fourth-order valence-electron chi connectivity index (χ4n) is 8.46. The second-order valence-electron chi connectivity index (χ2n) is 12.7. The quantitative estimate of drug-likeness (QED) is 0.262. The first kappa shape index (κ1) is 22.1. The zero-order valence-corrected chi connectivity index (χ0v) is 23.5. The summed E-state index contributed by atoms with van der Waals surface area (Å²) in [4.78, 5) is 0. The third kappa shape index (κ3) is 2.36. The van der Waals surface area contributed by atoms with Crippen molar-refractivity contribution in [2.45, 2.75) is 19.3 Å². The average Bonchev–Trinajstić information content (AvgIpc) is 3.77. The first-order chi connectivity index (χ1) is 19.5. The molecular weight excluding hydrogens is 499 g/mol. The van der Waals surface area contributed by atoms with E-state index in [0.717, 1.165) is 0 Å². The van der Waals surface area contributed by atoms with E-state index >= 15 is 0 Å². The fourth-order valence-corrected chi connectivity index (χ4v) is 13.9. The molecule has 3 radical (unpaired) electrons. The minimum absolute atomic E-state index is 0.0988. The molecule has 5 heterocycles. The number of fused-ring (bicyclic) bond motifs is 8. The molecule has 0 bridgehead atoms. The molecule has 6 aromatic rings. The third-order valence-corrected chi connectivity index (χ3v) is 15.5. The van der Waals surface area contributed by atoms with Gasteiger partial charge in [-0.25, -0.2) is 0 Å². The Morgan fingerprint density at radius 1 is 0.750 bits per heavy atom. The van der Waals surface area contributed by atoms with E-state index in [2.05, 4.69) is 146 Å². The first-order valence-electron chi connectivity index (χ1n) is 14.4. The summed E-state index contributed by atoms with van der Waals surface area (Å²) in [7, 11) is 0. The van der Waals surface area contributed by atoms with Crippen LogP contribution in [0.5, 0.6) is 0 Å². The van der Waals surface area contributed by atoms with Crippen molar-refractivity contribution in [3.8, 4) is 5.69 Å². The van der Waals surface area contributed by atoms with E-state index in [1.54, 1.807) is 10.8 Å². The van der Waals surface area contributed by atoms with E-state index in [0.29, 0.717) is 6.21 Å². The van der Waals surface area contributed by atoms with Gasteiger partial charge in [0.25, 0.3) is 0 Å². The Morgan fingerprint density at radius 2 is 1.43 bits per heavy atom. The molecule has 1 N–H and O–H groups in total. The fraction of sp³-hybridized carbons (Fsp3) is 0.0909. The molecule has 0 unspecified atom stereocenters. The van der Waals surface area contributed by atoms with Crippen LogP contribution in [0.15, 0.2) is 109 Å². The van der Waals surface area contributed by atoms with Gasteiger partial charge in [-0.2, -0.15) is 0 Å². The molecule has 4 aliphatic rings. The normalized spacial score (nSPS) is 20.0. The van der Waals surface area contributed by atoms with Crippen LogP contribution in [0, 0.1) is 0 Å². The molecule has 4 aliphatic heterocycles. The van der Waals surface area contributed by atoms with Crippen LogP contribution in [-0.2, 0) is 5.41 Å². The van der Waals surface area contributed by atoms with E-state index in [1.807, 2.05) is 0 Å². The number of benzene rings is 5. The summed E-state index contributed by atoms with van der Waals surface area (Å²) in [5.41, 5.74) is 12.6. The topological polar surface area (TPSA) is 17.0 Å². The Labute approximate surface area is 236 Å². The van der Waals surface area contributed by atoms with Gasteiger partial charge in [0.1, 0.15) is 0 Å². The van der Waals surface area contributed by atoms with Gasteiger partial charge < -0.3 is 0 Å². The number of para-hydroxylation sites is 3. The zero-order chi connectivity index (χ0) is 26.5. The van der Waals surface area contributed by atoms with Crippen molar-refractivity contribution in [3.63, 3.8) is 0 Å². The van der Waals surface area contributed by atoms with Gasteiger partial charge in [-0.05, 0) is 0 Å². The van der Waals surface area contributed by atoms with Crippen LogP contribution in [0.25, 0.3) is 27.5 Å². The molecule has 0 aliphatic carbocycles. The van der Waals surface area contributed by atoms with Crippen LogP contribution in [0.2, 0.25) is 0 Å². The number of hydrogen-bond acceptors (Lipinski definition) is 1. The molecule has 5 aromatic carbocycles. The maximum absolute atomic E-state index is 4.15. The second kappa shape index (κ2) is 6.81. The second-order valence-corrected chi connectivity index (χ2v) is 17.3. The SMILES string of the molecule is CC1(C)c2cccc3c2B(c2c1cccc2P12(Nc4ccccc4)[B]B1[B-]2)c1cccc2c4ccccc4n-3c12. The Kier molecular flexibility index (Phi) is 3.77. The van der Waals surface area contributed by atoms with Gasteiger partial charge in [-0.15, -0.1) is 0 Å². The predicted molar refractivity (Wildman–Crippen MR) is 178 cm³/mol. The predicted octanol–water partition coefficient (Wildman–Crippen LogP) is 4.71. The van der Waals surface area contributed by atoms with Gasteiger partial charge in [0, 0.05) is 0 Å². The van der Waals surface area contributed by atoms with E-state index in [4.69, 9.17) is 0 Å². The standard InChI is InChI=1S/C33H25B4N2P/c1-33(2)24-15-9-19-28-30(24)36(26-17-8-14-23-22-13-6-7-18-27(22)39(28)32(23)26)31-25(33)16-10-20-29(31)40(34-37(40)35-40)38-21-11-4-3-5-12-21/h3-20,38H,1-2H3/q-1. The summed E-state index contributed by atoms with van der Waals surface area (Å²) < 4.78 is 2.56. The van der Waals surface area contributed by atoms with Gasteiger partial charge in [0.2, 0.25) is 0 Å². The molecular formula is C33H25B4N2P-. The molecule has 10 rings (SSSR count). The number of hydrogen-bond donors (Lipinski definition) is 1. The Balaban J connectivity index is 1.34. The molecule has 2 fully saturated rings. The van der Waals surface area contributed by atoms with Crippen LogP contribution in [0.3, 0.4) is 0 Å². The van der Waals surface area contributed by atoms with Crippen LogP contribution < -0.4 is 26.8 Å². The van der Waals surface area contributed by atoms with Crippen molar-refractivity contribution in [3.05, 3.63) is 120 Å². The van der Waals surface area contributed by atoms with Crippen molar-refractivity contribution in [1.29, 1.82) is 0 Å². The molecule has 0 spiro atoms. The molecule has 2 saturated heterocycles. The molecule has 2 nitrogen and oxygen atoms in total. The number of nitrogens with one attached hydrogen (secondary N) is 1. The van der Waals surface area contributed by atoms with Gasteiger partial charge in [-0.1, -0.05) is 0 Å². The van der Waals surface area contributed by atoms with Crippen molar-refractivity contribution < 1.29 is 0 Å². The summed E-state index contributed by atoms with van der Waals surface area (Å²) in [6, 6.07) is 41.0. The summed E-state index contributed by atoms with van der Waals surface area (Å²) in [6.45, 7) is 10.4. The van der Waals surface area contributed by atoms with Crippen LogP contribution in [-0.4, -0.2) is 31.3 Å². The number of nitrogens with zero attached hydrogens (tertiary/aromatic N) is 1. The molecule has 0 amide bonds. The zero-order valence-electron chi connectivity index (χ0n) is 22.6. The van der Waals surface area contributed by atoms with E-state index < -0.39 is 6.39 Å². The maximum atomic E-state index is 4.15. The van der Waals surface area contributed by atoms with Crippen LogP contribution >= 0.6 is 6.39 Å². The van der Waals surface area contributed by atoms with Crippen molar-refractivity contribution >= 4 is 82.3 Å². The first-order valence-corrected chi connectivity index (χ1v) is 16.8. The van der Waals surface area contributed by atoms with Gasteiger partial charge in [0.05, 0.1) is 0 Å². The van der Waals surface area contributed by atoms with E-state index in [-0.39, 0.29) is 12.1 Å². The number of anilines is 1. The molecule has 0 saturated carbocycles. The third-order valence-electron chi connectivity index (χ3n) is 10.5. The summed E-state index contributed by atoms with van der Waals surface area (Å²) in [5.74, 6) is 0. The Hall–Kier alpha value is -3.61. The summed E-state index contributed by atoms with van der Waals surface area (Å²) >= 11 is 0. The van der Waals surface area contributed by atoms with Crippen molar-refractivity contribution in [2.75, 3.05) is 5.09 Å². The number of aromatic nitrogens is 1. The molecule has 0 atom stereocenters. The molecule has 1 aromatic heterocycles. The van der Waals surface area contributed by atoms with Crippen molar-refractivity contribution in [1.82, 2.24) is 4.57 Å². The molecule has 7 heteroatoms. The molecule has 40 heavy (non-hydrogen) atoms. The monoisotopic (exact) mass is 524 g/mol. The van der Waals surface area contributed by atoms with Crippen molar-refractivity contribution in [2.24, 2.45) is 0 Å². The van der Waals surface area contributed by atoms with Crippen LogP contribution in [0.4, 0.5) is 5.69 Å². The van der Waals surface area contributed by atoms with Gasteiger partial charge >= 0.3 is 237 Å². The van der Waals surface area contributed by atoms with Gasteiger partial charge in [-0.3, -0.25) is 0 Å². The summed E-state index contributed by atoms with van der Waals surface area (Å²) in [6.07, 6.45) is -1.85. The Bertz CT molecular complexity index is 2110. The average molecular weight is 524 g/mol. The number of rotatable bonds is 3. The minimum atomic E-state index is -2.43.